The fraction of sp³-hybridized carbons (Fsp3) is 0.281. The minimum absolute atomic E-state index is 0.0185. The number of benzene rings is 3. The smallest absolute Gasteiger partial charge is 0.216 e. The molecule has 0 aliphatic carbocycles. The van der Waals surface area contributed by atoms with Gasteiger partial charge in [0.15, 0.2) is 11.6 Å². The van der Waals surface area contributed by atoms with Crippen LogP contribution in [0.15, 0.2) is 60.7 Å². The van der Waals surface area contributed by atoms with Crippen LogP contribution in [0.2, 0.25) is 10.0 Å². The van der Waals surface area contributed by atoms with E-state index in [4.69, 9.17) is 47.9 Å². The Labute approximate surface area is 249 Å². The molecule has 0 aliphatic rings. The SMILES string of the molecule is COc1nc(-c2cccc(-c3cccc(-c4ccc(CNCCO)c(OC)c4F)c3Cl)c2Cl)ccc1CCCCO. The number of pyridine rings is 1. The first-order valence-electron chi connectivity index (χ1n) is 13.3. The molecule has 0 atom stereocenters. The van der Waals surface area contributed by atoms with Crippen molar-refractivity contribution in [3.63, 3.8) is 0 Å². The van der Waals surface area contributed by atoms with Crippen LogP contribution in [-0.2, 0) is 13.0 Å². The van der Waals surface area contributed by atoms with Gasteiger partial charge in [-0.1, -0.05) is 77.8 Å². The van der Waals surface area contributed by atoms with Crippen LogP contribution in [0.5, 0.6) is 11.6 Å². The number of aryl methyl sites for hydroxylation is 1. The summed E-state index contributed by atoms with van der Waals surface area (Å²) in [6.45, 7) is 0.862. The predicted molar refractivity (Wildman–Crippen MR) is 162 cm³/mol. The van der Waals surface area contributed by atoms with E-state index in [0.29, 0.717) is 74.5 Å². The summed E-state index contributed by atoms with van der Waals surface area (Å²) in [5, 5.41) is 22.0. The van der Waals surface area contributed by atoms with Crippen molar-refractivity contribution in [2.45, 2.75) is 25.8 Å². The van der Waals surface area contributed by atoms with Gasteiger partial charge >= 0.3 is 0 Å². The zero-order valence-corrected chi connectivity index (χ0v) is 24.5. The summed E-state index contributed by atoms with van der Waals surface area (Å²) >= 11 is 13.9. The van der Waals surface area contributed by atoms with E-state index in [9.17, 15) is 0 Å². The highest BCUT2D eigenvalue weighted by Crippen LogP contribution is 2.44. The number of unbranched alkanes of at least 4 members (excludes halogenated alkanes) is 1. The van der Waals surface area contributed by atoms with Gasteiger partial charge in [0.25, 0.3) is 0 Å². The number of ether oxygens (including phenoxy) is 2. The second kappa shape index (κ2) is 14.6. The molecule has 0 amide bonds. The number of methoxy groups -OCH3 is 2. The van der Waals surface area contributed by atoms with Crippen molar-refractivity contribution in [2.24, 2.45) is 0 Å². The molecule has 0 spiro atoms. The molecule has 0 unspecified atom stereocenters. The first kappa shape index (κ1) is 30.8. The summed E-state index contributed by atoms with van der Waals surface area (Å²) in [7, 11) is 3.00. The van der Waals surface area contributed by atoms with Crippen molar-refractivity contribution in [1.82, 2.24) is 10.3 Å². The second-order valence-corrected chi connectivity index (χ2v) is 10.2. The minimum Gasteiger partial charge on any atom is -0.493 e. The maximum absolute atomic E-state index is 15.7. The average Bonchev–Trinajstić information content (AvgIpc) is 2.98. The van der Waals surface area contributed by atoms with E-state index < -0.39 is 5.82 Å². The lowest BCUT2D eigenvalue weighted by atomic mass is 9.95. The molecule has 0 saturated carbocycles. The molecule has 0 aliphatic heterocycles. The van der Waals surface area contributed by atoms with Crippen molar-refractivity contribution >= 4 is 23.2 Å². The van der Waals surface area contributed by atoms with E-state index in [1.54, 1.807) is 25.3 Å². The van der Waals surface area contributed by atoms with Crippen molar-refractivity contribution in [2.75, 3.05) is 34.0 Å². The Morgan fingerprint density at radius 1 is 0.756 bits per heavy atom. The number of hydrogen-bond acceptors (Lipinski definition) is 6. The zero-order chi connectivity index (χ0) is 29.4. The first-order valence-corrected chi connectivity index (χ1v) is 14.1. The van der Waals surface area contributed by atoms with Gasteiger partial charge < -0.3 is 25.0 Å². The minimum atomic E-state index is -0.523. The molecule has 1 heterocycles. The Morgan fingerprint density at radius 3 is 2.02 bits per heavy atom. The number of nitrogens with one attached hydrogen (secondary N) is 1. The Hall–Kier alpha value is -3.20. The van der Waals surface area contributed by atoms with Crippen molar-refractivity contribution in [3.05, 3.63) is 87.7 Å². The topological polar surface area (TPSA) is 83.8 Å². The highest BCUT2D eigenvalue weighted by atomic mass is 35.5. The van der Waals surface area contributed by atoms with E-state index in [1.807, 2.05) is 42.5 Å². The summed E-state index contributed by atoms with van der Waals surface area (Å²) in [6.07, 6.45) is 2.28. The maximum Gasteiger partial charge on any atom is 0.216 e. The molecule has 3 N–H and O–H groups in total. The van der Waals surface area contributed by atoms with E-state index in [0.717, 1.165) is 18.4 Å². The molecule has 9 heteroatoms. The molecule has 1 aromatic heterocycles. The van der Waals surface area contributed by atoms with Gasteiger partial charge in [0, 0.05) is 58.6 Å². The van der Waals surface area contributed by atoms with Crippen LogP contribution in [0.4, 0.5) is 4.39 Å². The number of nitrogens with zero attached hydrogens (tertiary/aromatic N) is 1. The first-order chi connectivity index (χ1) is 19.9. The molecule has 0 bridgehead atoms. The number of aliphatic hydroxyl groups excluding tert-OH is 2. The number of rotatable bonds is 13. The van der Waals surface area contributed by atoms with Gasteiger partial charge in [0.2, 0.25) is 5.88 Å². The summed E-state index contributed by atoms with van der Waals surface area (Å²) in [6, 6.07) is 18.4. The normalized spacial score (nSPS) is 11.1. The highest BCUT2D eigenvalue weighted by Gasteiger charge is 2.21. The van der Waals surface area contributed by atoms with Crippen LogP contribution in [0.25, 0.3) is 33.5 Å². The van der Waals surface area contributed by atoms with Crippen LogP contribution in [0, 0.1) is 5.82 Å². The summed E-state index contributed by atoms with van der Waals surface area (Å²) in [4.78, 5) is 4.70. The second-order valence-electron chi connectivity index (χ2n) is 9.40. The molecular weight excluding hydrogens is 566 g/mol. The number of hydrogen-bond donors (Lipinski definition) is 3. The fourth-order valence-corrected chi connectivity index (χ4v) is 5.42. The summed E-state index contributed by atoms with van der Waals surface area (Å²) < 4.78 is 26.6. The van der Waals surface area contributed by atoms with Gasteiger partial charge in [0.1, 0.15) is 0 Å². The van der Waals surface area contributed by atoms with Gasteiger partial charge in [-0.25, -0.2) is 9.37 Å². The van der Waals surface area contributed by atoms with Crippen LogP contribution >= 0.6 is 23.2 Å². The molecular formula is C32H33Cl2FN2O4. The Bertz CT molecular complexity index is 1500. The van der Waals surface area contributed by atoms with E-state index in [1.165, 1.54) is 7.11 Å². The van der Waals surface area contributed by atoms with Crippen molar-refractivity contribution in [3.8, 4) is 45.1 Å². The summed E-state index contributed by atoms with van der Waals surface area (Å²) in [5.74, 6) is 0.112. The van der Waals surface area contributed by atoms with Gasteiger partial charge in [-0.05, 0) is 25.3 Å². The Kier molecular flexibility index (Phi) is 11.0. The van der Waals surface area contributed by atoms with Crippen LogP contribution < -0.4 is 14.8 Å². The van der Waals surface area contributed by atoms with E-state index in [-0.39, 0.29) is 19.0 Å². The molecule has 0 radical (unpaired) electrons. The summed E-state index contributed by atoms with van der Waals surface area (Å²) in [5.41, 5.74) is 5.08. The largest absolute Gasteiger partial charge is 0.493 e. The van der Waals surface area contributed by atoms with E-state index >= 15 is 4.39 Å². The van der Waals surface area contributed by atoms with Gasteiger partial charge in [-0.2, -0.15) is 0 Å². The molecule has 216 valence electrons. The van der Waals surface area contributed by atoms with Gasteiger partial charge in [-0.3, -0.25) is 0 Å². The standard InChI is InChI=1S/C32H33Cl2FN2O4/c1-40-31-21(19-36-16-18-39)12-14-25(30(31)35)24-10-5-8-22(28(24)33)23-9-6-11-26(29(23)34)27-15-13-20(7-3-4-17-38)32(37-27)41-2/h5-6,8-15,36,38-39H,3-4,7,16-19H2,1-2H3. The van der Waals surface area contributed by atoms with Gasteiger partial charge in [0.05, 0.1) is 36.6 Å². The molecule has 41 heavy (non-hydrogen) atoms. The lowest BCUT2D eigenvalue weighted by Gasteiger charge is -2.17. The zero-order valence-electron chi connectivity index (χ0n) is 23.0. The number of aromatic nitrogens is 1. The molecule has 0 saturated heterocycles. The van der Waals surface area contributed by atoms with Gasteiger partial charge in [-0.15, -0.1) is 0 Å². The lowest BCUT2D eigenvalue weighted by Crippen LogP contribution is -2.18. The number of aliphatic hydroxyl groups is 2. The molecule has 0 fully saturated rings. The lowest BCUT2D eigenvalue weighted by molar-refractivity contribution is 0.284. The molecule has 4 aromatic rings. The highest BCUT2D eigenvalue weighted by molar-refractivity contribution is 6.39. The molecule has 6 nitrogen and oxygen atoms in total. The van der Waals surface area contributed by atoms with Crippen LogP contribution in [0.3, 0.4) is 0 Å². The maximum atomic E-state index is 15.7. The van der Waals surface area contributed by atoms with Crippen LogP contribution in [-0.4, -0.2) is 49.2 Å². The van der Waals surface area contributed by atoms with Crippen molar-refractivity contribution in [1.29, 1.82) is 0 Å². The fourth-order valence-electron chi connectivity index (χ4n) is 4.77. The molecule has 4 rings (SSSR count). The predicted octanol–water partition coefficient (Wildman–Crippen LogP) is 6.94. The third-order valence-electron chi connectivity index (χ3n) is 6.83. The Balaban J connectivity index is 1.73. The third-order valence-corrected chi connectivity index (χ3v) is 7.64. The van der Waals surface area contributed by atoms with Crippen molar-refractivity contribution < 1.29 is 24.1 Å². The molecule has 3 aromatic carbocycles. The van der Waals surface area contributed by atoms with E-state index in [2.05, 4.69) is 5.32 Å². The average molecular weight is 600 g/mol. The van der Waals surface area contributed by atoms with Crippen LogP contribution in [0.1, 0.15) is 24.0 Å². The third kappa shape index (κ3) is 6.83. The quantitative estimate of drug-likeness (QED) is 0.145. The number of halogens is 3. The Morgan fingerprint density at radius 2 is 1.39 bits per heavy atom. The monoisotopic (exact) mass is 598 g/mol.